The van der Waals surface area contributed by atoms with Crippen LogP contribution < -0.4 is 0 Å². The summed E-state index contributed by atoms with van der Waals surface area (Å²) >= 11 is 0. The van der Waals surface area contributed by atoms with Crippen LogP contribution in [0.15, 0.2) is 48.3 Å². The molecule has 8 heteroatoms. The number of Topliss-reactive ketones (excluding diaryl/α,β-unsaturated/α-hetero) is 1. The van der Waals surface area contributed by atoms with E-state index in [0.29, 0.717) is 30.4 Å². The summed E-state index contributed by atoms with van der Waals surface area (Å²) in [6, 6.07) is 5.51. The van der Waals surface area contributed by atoms with Crippen LogP contribution >= 0.6 is 0 Å². The largest absolute Gasteiger partial charge is 0.390 e. The van der Waals surface area contributed by atoms with E-state index in [9.17, 15) is 20.0 Å². The molecule has 36 heavy (non-hydrogen) atoms. The molecule has 0 aromatic carbocycles. The van der Waals surface area contributed by atoms with Crippen molar-refractivity contribution in [3.05, 3.63) is 53.9 Å². The highest BCUT2D eigenvalue weighted by atomic mass is 19.1. The zero-order chi connectivity index (χ0) is 25.5. The van der Waals surface area contributed by atoms with Crippen molar-refractivity contribution in [2.75, 3.05) is 0 Å². The molecule has 1 aliphatic heterocycles. The van der Waals surface area contributed by atoms with E-state index in [2.05, 4.69) is 4.98 Å². The molecular weight excluding hydrogens is 463 g/mol. The number of carbonyl (C=O) groups is 2. The lowest BCUT2D eigenvalue weighted by Gasteiger charge is -2.62. The number of nitriles is 1. The third-order valence-electron chi connectivity index (χ3n) is 9.99. The molecule has 6 rings (SSSR count). The molecule has 0 amide bonds. The van der Waals surface area contributed by atoms with Crippen LogP contribution in [0.1, 0.15) is 57.8 Å². The van der Waals surface area contributed by atoms with Gasteiger partial charge in [0.1, 0.15) is 0 Å². The van der Waals surface area contributed by atoms with E-state index in [1.54, 1.807) is 37.5 Å². The quantitative estimate of drug-likeness (QED) is 0.685. The Morgan fingerprint density at radius 3 is 2.89 bits per heavy atom. The summed E-state index contributed by atoms with van der Waals surface area (Å²) in [5.41, 5.74) is -4.20. The highest BCUT2D eigenvalue weighted by Crippen LogP contribution is 2.72. The van der Waals surface area contributed by atoms with Crippen molar-refractivity contribution in [2.45, 2.75) is 75.7 Å². The predicted octanol–water partition coefficient (Wildman–Crippen LogP) is 3.70. The minimum atomic E-state index is -2.01. The summed E-state index contributed by atoms with van der Waals surface area (Å²) in [4.78, 5) is 29.9. The fourth-order valence-electron chi connectivity index (χ4n) is 8.32. The van der Waals surface area contributed by atoms with Gasteiger partial charge in [0.25, 0.3) is 0 Å². The number of aliphatic hydroxyl groups is 1. The van der Waals surface area contributed by atoms with E-state index in [4.69, 9.17) is 9.47 Å². The molecule has 7 nitrogen and oxygen atoms in total. The lowest BCUT2D eigenvalue weighted by Crippen LogP contribution is -2.69. The number of allylic oxidation sites excluding steroid dienone is 4. The molecule has 9 atom stereocenters. The van der Waals surface area contributed by atoms with E-state index in [1.165, 1.54) is 12.2 Å². The second-order valence-corrected chi connectivity index (χ2v) is 11.4. The van der Waals surface area contributed by atoms with Crippen molar-refractivity contribution in [3.63, 3.8) is 0 Å². The van der Waals surface area contributed by atoms with Crippen molar-refractivity contribution in [3.8, 4) is 6.07 Å². The van der Waals surface area contributed by atoms with Gasteiger partial charge in [0.2, 0.25) is 0 Å². The van der Waals surface area contributed by atoms with Crippen LogP contribution in [0.3, 0.4) is 0 Å². The van der Waals surface area contributed by atoms with E-state index in [1.807, 2.05) is 13.0 Å². The number of halogens is 1. The van der Waals surface area contributed by atoms with Crippen molar-refractivity contribution in [2.24, 2.45) is 22.7 Å². The molecule has 1 aromatic heterocycles. The van der Waals surface area contributed by atoms with Crippen LogP contribution in [0, 0.1) is 34.0 Å². The summed E-state index contributed by atoms with van der Waals surface area (Å²) in [6.45, 7) is 3.65. The molecule has 0 spiro atoms. The van der Waals surface area contributed by atoms with Gasteiger partial charge in [-0.3, -0.25) is 14.6 Å². The number of alkyl halides is 1. The Labute approximate surface area is 209 Å². The SMILES string of the molecule is C[C@]12C=CC(=O)C=C1CC[C@H]1[C@@H]3C[C@H]4OC(c5cccnc5)O[C@@]4(C(=O)CC#N)[C@@]3(C)C[C@H](O)[C@@]12F. The number of ether oxygens (including phenoxy) is 2. The Hall–Kier alpha value is -2.73. The first-order valence-corrected chi connectivity index (χ1v) is 12.6. The molecular formula is C28H29FN2O5. The molecule has 5 aliphatic rings. The highest BCUT2D eigenvalue weighted by Gasteiger charge is 2.79. The van der Waals surface area contributed by atoms with E-state index in [0.717, 1.165) is 0 Å². The maximum absolute atomic E-state index is 17.4. The fourth-order valence-corrected chi connectivity index (χ4v) is 8.32. The van der Waals surface area contributed by atoms with Gasteiger partial charge in [0, 0.05) is 34.7 Å². The Bertz CT molecular complexity index is 1240. The van der Waals surface area contributed by atoms with Gasteiger partial charge < -0.3 is 14.6 Å². The normalized spacial score (nSPS) is 46.7. The van der Waals surface area contributed by atoms with E-state index >= 15 is 4.39 Å². The maximum Gasteiger partial charge on any atom is 0.187 e. The number of rotatable bonds is 3. The molecule has 4 fully saturated rings. The molecule has 2 heterocycles. The van der Waals surface area contributed by atoms with Crippen molar-refractivity contribution >= 4 is 11.6 Å². The molecule has 188 valence electrons. The van der Waals surface area contributed by atoms with Crippen molar-refractivity contribution in [1.82, 2.24) is 4.98 Å². The number of pyridine rings is 1. The lowest BCUT2D eigenvalue weighted by atomic mass is 9.44. The maximum atomic E-state index is 17.4. The first kappa shape index (κ1) is 23.7. The minimum Gasteiger partial charge on any atom is -0.390 e. The van der Waals surface area contributed by atoms with Crippen LogP contribution in [-0.2, 0) is 19.1 Å². The Morgan fingerprint density at radius 1 is 1.36 bits per heavy atom. The van der Waals surface area contributed by atoms with Crippen molar-refractivity contribution in [1.29, 1.82) is 5.26 Å². The highest BCUT2D eigenvalue weighted by molar-refractivity contribution is 6.01. The molecule has 0 bridgehead atoms. The van der Waals surface area contributed by atoms with Crippen LogP contribution in [0.25, 0.3) is 0 Å². The zero-order valence-electron chi connectivity index (χ0n) is 20.3. The number of fused-ring (bicyclic) bond motifs is 7. The number of carbonyl (C=O) groups excluding carboxylic acids is 2. The molecule has 0 radical (unpaired) electrons. The summed E-state index contributed by atoms with van der Waals surface area (Å²) in [5, 5.41) is 21.0. The third-order valence-corrected chi connectivity index (χ3v) is 9.99. The summed E-state index contributed by atoms with van der Waals surface area (Å²) in [6.07, 6.45) is 5.80. The topological polar surface area (TPSA) is 110 Å². The number of ketones is 2. The Balaban J connectivity index is 1.44. The summed E-state index contributed by atoms with van der Waals surface area (Å²) < 4.78 is 30.2. The smallest absolute Gasteiger partial charge is 0.187 e. The molecule has 1 saturated heterocycles. The first-order valence-electron chi connectivity index (χ1n) is 12.6. The third kappa shape index (κ3) is 2.69. The van der Waals surface area contributed by atoms with E-state index < -0.39 is 52.3 Å². The van der Waals surface area contributed by atoms with Gasteiger partial charge in [-0.2, -0.15) is 5.26 Å². The molecule has 4 aliphatic carbocycles. The molecule has 1 aromatic rings. The fraction of sp³-hybridized carbons (Fsp3) is 0.571. The first-order chi connectivity index (χ1) is 17.1. The number of nitrogens with zero attached hydrogens (tertiary/aromatic N) is 2. The molecule has 1 N–H and O–H groups in total. The zero-order valence-corrected chi connectivity index (χ0v) is 20.3. The standard InChI is InChI=1S/C28H29FN2O5/c1-25-9-7-18(32)12-17(25)5-6-19-20-13-23-28(21(33)8-10-30,26(20,2)14-22(34)27(19,25)29)36-24(35-23)16-4-3-11-31-15-16/h3-4,7,9,11-12,15,19-20,22-24,34H,5-6,8,13-14H2,1-2H3/t19-,20-,22-,23+,24?,25-,26-,27-,28+/m0/s1. The monoisotopic (exact) mass is 492 g/mol. The van der Waals surface area contributed by atoms with Crippen LogP contribution in [0.5, 0.6) is 0 Å². The van der Waals surface area contributed by atoms with Crippen LogP contribution in [0.2, 0.25) is 0 Å². The van der Waals surface area contributed by atoms with E-state index in [-0.39, 0.29) is 24.5 Å². The second kappa shape index (κ2) is 7.64. The van der Waals surface area contributed by atoms with Gasteiger partial charge in [-0.25, -0.2) is 4.39 Å². The second-order valence-electron chi connectivity index (χ2n) is 11.4. The van der Waals surface area contributed by atoms with Crippen molar-refractivity contribution < 1.29 is 28.6 Å². The lowest BCUT2D eigenvalue weighted by molar-refractivity contribution is -0.230. The number of hydrogen-bond acceptors (Lipinski definition) is 7. The van der Waals surface area contributed by atoms with Crippen LogP contribution in [-0.4, -0.2) is 45.1 Å². The predicted molar refractivity (Wildman–Crippen MR) is 125 cm³/mol. The number of hydrogen-bond donors (Lipinski definition) is 1. The summed E-state index contributed by atoms with van der Waals surface area (Å²) in [7, 11) is 0. The van der Waals surface area contributed by atoms with Gasteiger partial charge in [-0.15, -0.1) is 0 Å². The average Bonchev–Trinajstić information content (AvgIpc) is 3.35. The number of aliphatic hydroxyl groups excluding tert-OH is 1. The van der Waals surface area contributed by atoms with Gasteiger partial charge in [0.05, 0.1) is 24.7 Å². The van der Waals surface area contributed by atoms with Gasteiger partial charge in [-0.05, 0) is 56.7 Å². The Kier molecular flexibility index (Phi) is 5.02. The Morgan fingerprint density at radius 2 is 2.17 bits per heavy atom. The molecule has 1 unspecified atom stereocenters. The summed E-state index contributed by atoms with van der Waals surface area (Å²) in [5.74, 6) is -1.46. The average molecular weight is 493 g/mol. The number of aromatic nitrogens is 1. The van der Waals surface area contributed by atoms with Gasteiger partial charge >= 0.3 is 0 Å². The molecule has 3 saturated carbocycles. The van der Waals surface area contributed by atoms with Gasteiger partial charge in [0.15, 0.2) is 29.1 Å². The van der Waals surface area contributed by atoms with Crippen LogP contribution in [0.4, 0.5) is 4.39 Å². The minimum absolute atomic E-state index is 0.0217. The van der Waals surface area contributed by atoms with Gasteiger partial charge in [-0.1, -0.05) is 24.6 Å².